The monoisotopic (exact) mass is 659 g/mol. The van der Waals surface area contributed by atoms with Gasteiger partial charge in [-0.3, -0.25) is 0 Å². The number of fused-ring (bicyclic) bond motifs is 8. The molecule has 0 N–H and O–H groups in total. The highest BCUT2D eigenvalue weighted by Crippen LogP contribution is 2.52. The molecule has 8 aromatic rings. The third-order valence-electron chi connectivity index (χ3n) is 10.5. The van der Waals surface area contributed by atoms with Crippen LogP contribution >= 0.6 is 23.1 Å². The smallest absolute Gasteiger partial charge is 0.0541 e. The second-order valence-electron chi connectivity index (χ2n) is 13.2. The molecule has 49 heavy (non-hydrogen) atoms. The number of hydrogen-bond acceptors (Lipinski definition) is 2. The molecule has 2 aliphatic carbocycles. The molecule has 0 amide bonds. The Morgan fingerprint density at radius 3 is 2.33 bits per heavy atom. The second-order valence-corrected chi connectivity index (χ2v) is 15.3. The van der Waals surface area contributed by atoms with E-state index in [-0.39, 0.29) is 0 Å². The van der Waals surface area contributed by atoms with E-state index < -0.39 is 0 Å². The molecular formula is C46H29NS2. The summed E-state index contributed by atoms with van der Waals surface area (Å²) < 4.78 is 5.11. The lowest BCUT2D eigenvalue weighted by Gasteiger charge is -2.32. The highest BCUT2D eigenvalue weighted by atomic mass is 32.2. The number of rotatable bonds is 3. The number of para-hydroxylation sites is 1. The van der Waals surface area contributed by atoms with E-state index in [0.29, 0.717) is 5.92 Å². The van der Waals surface area contributed by atoms with E-state index >= 15 is 0 Å². The van der Waals surface area contributed by atoms with E-state index in [4.69, 9.17) is 0 Å². The van der Waals surface area contributed by atoms with E-state index in [2.05, 4.69) is 162 Å². The van der Waals surface area contributed by atoms with E-state index in [0.717, 1.165) is 6.42 Å². The summed E-state index contributed by atoms with van der Waals surface area (Å²) in [6, 6.07) is 47.5. The van der Waals surface area contributed by atoms with Gasteiger partial charge in [0.25, 0.3) is 0 Å². The number of hydrogen-bond donors (Lipinski definition) is 0. The summed E-state index contributed by atoms with van der Waals surface area (Å²) >= 11 is 3.81. The SMILES string of the molecule is C1=CC2CC=CC3=C2C(=C1)Sc1ccc(-c2ccc4c(c2)c2ccccc2n4-c2ccc(-c4cccc5c4sc4ccccc45)cc2)cc13. The van der Waals surface area contributed by atoms with Gasteiger partial charge in [-0.05, 0) is 100.0 Å². The molecule has 0 fully saturated rings. The van der Waals surface area contributed by atoms with Gasteiger partial charge < -0.3 is 4.57 Å². The molecule has 0 bridgehead atoms. The molecule has 230 valence electrons. The van der Waals surface area contributed by atoms with Crippen molar-refractivity contribution < 1.29 is 0 Å². The number of thioether (sulfide) groups is 1. The number of benzene rings is 6. The van der Waals surface area contributed by atoms with Crippen LogP contribution < -0.4 is 0 Å². The third kappa shape index (κ3) is 4.13. The van der Waals surface area contributed by atoms with Crippen molar-refractivity contribution >= 4 is 70.6 Å². The van der Waals surface area contributed by atoms with Crippen LogP contribution in [0.4, 0.5) is 0 Å². The number of nitrogens with zero attached hydrogens (tertiary/aromatic N) is 1. The van der Waals surface area contributed by atoms with E-state index in [1.807, 2.05) is 23.1 Å². The minimum Gasteiger partial charge on any atom is -0.309 e. The van der Waals surface area contributed by atoms with Crippen molar-refractivity contribution in [2.24, 2.45) is 5.92 Å². The molecule has 0 saturated heterocycles. The van der Waals surface area contributed by atoms with Crippen molar-refractivity contribution in [2.45, 2.75) is 11.3 Å². The lowest BCUT2D eigenvalue weighted by molar-refractivity contribution is 0.779. The summed E-state index contributed by atoms with van der Waals surface area (Å²) in [5.41, 5.74) is 12.9. The number of thiophene rings is 1. The molecule has 11 rings (SSSR count). The lowest BCUT2D eigenvalue weighted by Crippen LogP contribution is -2.13. The molecule has 1 unspecified atom stereocenters. The molecule has 6 aromatic carbocycles. The van der Waals surface area contributed by atoms with Gasteiger partial charge in [0.15, 0.2) is 0 Å². The minimum absolute atomic E-state index is 0.491. The molecule has 3 heteroatoms. The maximum Gasteiger partial charge on any atom is 0.0541 e. The Morgan fingerprint density at radius 2 is 1.39 bits per heavy atom. The Bertz CT molecular complexity index is 2820. The topological polar surface area (TPSA) is 4.93 Å². The second kappa shape index (κ2) is 10.6. The Morgan fingerprint density at radius 1 is 0.612 bits per heavy atom. The summed E-state index contributed by atoms with van der Waals surface area (Å²) in [6.07, 6.45) is 12.7. The zero-order valence-electron chi connectivity index (χ0n) is 26.6. The highest BCUT2D eigenvalue weighted by molar-refractivity contribution is 8.03. The van der Waals surface area contributed by atoms with E-state index in [9.17, 15) is 0 Å². The van der Waals surface area contributed by atoms with Gasteiger partial charge in [0.05, 0.1) is 11.0 Å². The molecule has 0 spiro atoms. The highest BCUT2D eigenvalue weighted by Gasteiger charge is 2.30. The third-order valence-corrected chi connectivity index (χ3v) is 12.9. The van der Waals surface area contributed by atoms with Crippen LogP contribution in [0.2, 0.25) is 0 Å². The van der Waals surface area contributed by atoms with E-state index in [1.54, 1.807) is 0 Å². The van der Waals surface area contributed by atoms with Crippen LogP contribution in [-0.2, 0) is 0 Å². The van der Waals surface area contributed by atoms with Crippen LogP contribution in [0.3, 0.4) is 0 Å². The zero-order chi connectivity index (χ0) is 32.1. The first-order valence-electron chi connectivity index (χ1n) is 16.9. The van der Waals surface area contributed by atoms with Crippen LogP contribution in [-0.4, -0.2) is 4.57 Å². The van der Waals surface area contributed by atoms with Crippen molar-refractivity contribution in [3.8, 4) is 27.9 Å². The lowest BCUT2D eigenvalue weighted by atomic mass is 9.81. The van der Waals surface area contributed by atoms with Crippen molar-refractivity contribution in [2.75, 3.05) is 0 Å². The first kappa shape index (κ1) is 27.6. The Kier molecular flexibility index (Phi) is 5.95. The van der Waals surface area contributed by atoms with Crippen molar-refractivity contribution in [1.82, 2.24) is 4.57 Å². The predicted octanol–water partition coefficient (Wildman–Crippen LogP) is 13.4. The van der Waals surface area contributed by atoms with Gasteiger partial charge in [-0.15, -0.1) is 11.3 Å². The first-order valence-corrected chi connectivity index (χ1v) is 18.6. The maximum atomic E-state index is 2.42. The van der Waals surface area contributed by atoms with Crippen LogP contribution in [0.15, 0.2) is 173 Å². The molecule has 0 radical (unpaired) electrons. The average molecular weight is 660 g/mol. The molecule has 1 aliphatic heterocycles. The van der Waals surface area contributed by atoms with Crippen LogP contribution in [0.1, 0.15) is 12.0 Å². The summed E-state index contributed by atoms with van der Waals surface area (Å²) in [5.74, 6) is 0.491. The maximum absolute atomic E-state index is 2.42. The van der Waals surface area contributed by atoms with Gasteiger partial charge in [-0.25, -0.2) is 0 Å². The fourth-order valence-corrected chi connectivity index (χ4v) is 10.7. The van der Waals surface area contributed by atoms with Gasteiger partial charge in [0, 0.05) is 52.4 Å². The zero-order valence-corrected chi connectivity index (χ0v) is 28.2. The predicted molar refractivity (Wildman–Crippen MR) is 212 cm³/mol. The van der Waals surface area contributed by atoms with Crippen LogP contribution in [0, 0.1) is 5.92 Å². The Hall–Kier alpha value is -5.35. The van der Waals surface area contributed by atoms with Crippen molar-refractivity contribution in [1.29, 1.82) is 0 Å². The summed E-state index contributed by atoms with van der Waals surface area (Å²) in [6.45, 7) is 0. The quantitative estimate of drug-likeness (QED) is 0.183. The number of aromatic nitrogens is 1. The Labute approximate surface area is 292 Å². The van der Waals surface area contributed by atoms with Crippen molar-refractivity contribution in [3.05, 3.63) is 174 Å². The molecule has 2 aromatic heterocycles. The number of allylic oxidation sites excluding steroid dienone is 7. The van der Waals surface area contributed by atoms with Gasteiger partial charge in [0.2, 0.25) is 0 Å². The fraction of sp³-hybridized carbons (Fsp3) is 0.0435. The molecule has 1 atom stereocenters. The van der Waals surface area contributed by atoms with Gasteiger partial charge in [-0.2, -0.15) is 0 Å². The summed E-state index contributed by atoms with van der Waals surface area (Å²) in [4.78, 5) is 2.76. The first-order chi connectivity index (χ1) is 24.3. The van der Waals surface area contributed by atoms with Gasteiger partial charge in [0.1, 0.15) is 0 Å². The molecular weight excluding hydrogens is 631 g/mol. The molecule has 3 aliphatic rings. The molecule has 3 heterocycles. The van der Waals surface area contributed by atoms with Crippen LogP contribution in [0.25, 0.3) is 75.5 Å². The fourth-order valence-electron chi connectivity index (χ4n) is 8.24. The minimum atomic E-state index is 0.491. The normalized spacial score (nSPS) is 16.5. The summed E-state index contributed by atoms with van der Waals surface area (Å²) in [7, 11) is 0. The van der Waals surface area contributed by atoms with Crippen molar-refractivity contribution in [3.63, 3.8) is 0 Å². The van der Waals surface area contributed by atoms with Crippen LogP contribution in [0.5, 0.6) is 0 Å². The standard InChI is InChI=1S/C46H29NS2/c1-3-15-40-34(10-1)38-26-30(31-21-25-43-39(27-31)36-13-5-8-29-9-6-17-44(48-43)45(29)36)20-24-41(38)47(40)32-22-18-28(19-23-32)33-12-7-14-37-35-11-2-4-16-42(35)49-46(33)37/h1-7,9-27,29H,8H2. The summed E-state index contributed by atoms with van der Waals surface area (Å²) in [5, 5.41) is 5.23. The van der Waals surface area contributed by atoms with Gasteiger partial charge in [-0.1, -0.05) is 115 Å². The van der Waals surface area contributed by atoms with Gasteiger partial charge >= 0.3 is 0 Å². The average Bonchev–Trinajstić information content (AvgIpc) is 3.71. The molecule has 1 nitrogen and oxygen atoms in total. The molecule has 0 saturated carbocycles. The largest absolute Gasteiger partial charge is 0.309 e. The van der Waals surface area contributed by atoms with E-state index in [1.165, 1.54) is 96.4 Å². The Balaban J connectivity index is 1.02.